The minimum atomic E-state index is 0.220. The lowest BCUT2D eigenvalue weighted by atomic mass is 9.91. The van der Waals surface area contributed by atoms with Gasteiger partial charge in [-0.05, 0) is 31.6 Å². The predicted molar refractivity (Wildman–Crippen MR) is 78.4 cm³/mol. The fourth-order valence-electron chi connectivity index (χ4n) is 2.72. The number of nitrogen functional groups attached to an aromatic ring is 1. The minimum absolute atomic E-state index is 0.220. The summed E-state index contributed by atoms with van der Waals surface area (Å²) in [5.41, 5.74) is 8.09. The molecule has 0 unspecified atom stereocenters. The van der Waals surface area contributed by atoms with Gasteiger partial charge in [-0.15, -0.1) is 0 Å². The summed E-state index contributed by atoms with van der Waals surface area (Å²) in [4.78, 5) is 2.34. The number of aryl methyl sites for hydroxylation is 1. The van der Waals surface area contributed by atoms with Crippen LogP contribution in [-0.2, 0) is 7.05 Å². The first-order chi connectivity index (χ1) is 9.06. The Balaban J connectivity index is 2.29. The lowest BCUT2D eigenvalue weighted by Crippen LogP contribution is -2.42. The van der Waals surface area contributed by atoms with E-state index in [9.17, 15) is 0 Å². The number of rotatable bonds is 6. The Bertz CT molecular complexity index is 423. The first-order valence-corrected chi connectivity index (χ1v) is 7.26. The first-order valence-electron chi connectivity index (χ1n) is 7.26. The largest absolute Gasteiger partial charge is 0.396 e. The molecule has 5 nitrogen and oxygen atoms in total. The van der Waals surface area contributed by atoms with E-state index in [4.69, 9.17) is 10.8 Å². The van der Waals surface area contributed by atoms with Crippen molar-refractivity contribution in [2.24, 2.45) is 7.05 Å². The molecule has 0 saturated heterocycles. The average Bonchev–Trinajstić information content (AvgIpc) is 2.58. The van der Waals surface area contributed by atoms with E-state index < -0.39 is 0 Å². The van der Waals surface area contributed by atoms with Gasteiger partial charge in [-0.3, -0.25) is 4.68 Å². The third-order valence-electron chi connectivity index (χ3n) is 3.97. The van der Waals surface area contributed by atoms with E-state index in [2.05, 4.69) is 23.8 Å². The molecule has 2 rings (SSSR count). The third-order valence-corrected chi connectivity index (χ3v) is 3.97. The van der Waals surface area contributed by atoms with Gasteiger partial charge in [-0.25, -0.2) is 0 Å². The zero-order valence-corrected chi connectivity index (χ0v) is 12.3. The molecule has 0 spiro atoms. The van der Waals surface area contributed by atoms with E-state index in [1.807, 2.05) is 11.7 Å². The van der Waals surface area contributed by atoms with Crippen molar-refractivity contribution in [3.63, 3.8) is 0 Å². The Morgan fingerprint density at radius 2 is 2.16 bits per heavy atom. The summed E-state index contributed by atoms with van der Waals surface area (Å²) < 4.78 is 1.90. The number of nitrogens with two attached hydrogens (primary N) is 1. The van der Waals surface area contributed by atoms with Crippen molar-refractivity contribution in [1.82, 2.24) is 9.78 Å². The Hall–Kier alpha value is -1.23. The average molecular weight is 266 g/mol. The molecule has 0 atom stereocenters. The normalized spacial score (nSPS) is 15.8. The molecule has 5 heteroatoms. The highest BCUT2D eigenvalue weighted by molar-refractivity contribution is 5.67. The van der Waals surface area contributed by atoms with Crippen LogP contribution in [0.3, 0.4) is 0 Å². The number of nitrogens with zero attached hydrogens (tertiary/aromatic N) is 3. The van der Waals surface area contributed by atoms with Crippen LogP contribution < -0.4 is 10.6 Å². The van der Waals surface area contributed by atoms with Crippen LogP contribution in [0, 0.1) is 0 Å². The summed E-state index contributed by atoms with van der Waals surface area (Å²) >= 11 is 0. The maximum Gasteiger partial charge on any atom is 0.150 e. The Morgan fingerprint density at radius 3 is 2.58 bits per heavy atom. The molecule has 1 aromatic rings. The molecule has 0 aliphatic heterocycles. The van der Waals surface area contributed by atoms with Crippen molar-refractivity contribution < 1.29 is 5.11 Å². The predicted octanol–water partition coefficient (Wildman–Crippen LogP) is 1.87. The maximum atomic E-state index is 9.09. The van der Waals surface area contributed by atoms with Crippen molar-refractivity contribution in [3.8, 4) is 0 Å². The zero-order valence-electron chi connectivity index (χ0n) is 12.3. The Labute approximate surface area is 115 Å². The summed E-state index contributed by atoms with van der Waals surface area (Å²) in [5.74, 6) is 1.36. The van der Waals surface area contributed by atoms with Crippen LogP contribution in [0.5, 0.6) is 0 Å². The lowest BCUT2D eigenvalue weighted by molar-refractivity contribution is 0.282. The highest BCUT2D eigenvalue weighted by atomic mass is 16.3. The molecular formula is C14H26N4O. The Kier molecular flexibility index (Phi) is 4.34. The van der Waals surface area contributed by atoms with Gasteiger partial charge in [-0.1, -0.05) is 13.8 Å². The molecule has 0 bridgehead atoms. The van der Waals surface area contributed by atoms with Gasteiger partial charge in [0.25, 0.3) is 0 Å². The molecule has 0 radical (unpaired) electrons. The minimum Gasteiger partial charge on any atom is -0.396 e. The van der Waals surface area contributed by atoms with E-state index in [0.29, 0.717) is 12.0 Å². The monoisotopic (exact) mass is 266 g/mol. The quantitative estimate of drug-likeness (QED) is 0.825. The number of aliphatic hydroxyl groups excluding tert-OH is 1. The summed E-state index contributed by atoms with van der Waals surface area (Å²) in [6, 6.07) is 0.560. The smallest absolute Gasteiger partial charge is 0.150 e. The maximum absolute atomic E-state index is 9.09. The van der Waals surface area contributed by atoms with Crippen molar-refractivity contribution in [1.29, 1.82) is 0 Å². The van der Waals surface area contributed by atoms with Crippen LogP contribution in [0.2, 0.25) is 0 Å². The van der Waals surface area contributed by atoms with E-state index in [1.54, 1.807) is 0 Å². The Morgan fingerprint density at radius 1 is 1.47 bits per heavy atom. The molecule has 1 aliphatic carbocycles. The second kappa shape index (κ2) is 5.82. The molecule has 3 N–H and O–H groups in total. The molecule has 1 saturated carbocycles. The fourth-order valence-corrected chi connectivity index (χ4v) is 2.72. The van der Waals surface area contributed by atoms with Gasteiger partial charge in [0.2, 0.25) is 0 Å². The van der Waals surface area contributed by atoms with E-state index >= 15 is 0 Å². The lowest BCUT2D eigenvalue weighted by Gasteiger charge is -2.39. The molecule has 108 valence electrons. The molecule has 19 heavy (non-hydrogen) atoms. The molecular weight excluding hydrogens is 240 g/mol. The third kappa shape index (κ3) is 2.71. The number of anilines is 2. The van der Waals surface area contributed by atoms with E-state index in [1.165, 1.54) is 19.3 Å². The van der Waals surface area contributed by atoms with Crippen molar-refractivity contribution in [3.05, 3.63) is 5.69 Å². The van der Waals surface area contributed by atoms with Crippen molar-refractivity contribution >= 4 is 11.5 Å². The second-order valence-corrected chi connectivity index (χ2v) is 5.76. The van der Waals surface area contributed by atoms with Gasteiger partial charge >= 0.3 is 0 Å². The first kappa shape index (κ1) is 14.2. The summed E-state index contributed by atoms with van der Waals surface area (Å²) in [7, 11) is 1.96. The number of aliphatic hydroxyl groups is 1. The van der Waals surface area contributed by atoms with E-state index in [-0.39, 0.29) is 6.61 Å². The van der Waals surface area contributed by atoms with Gasteiger partial charge < -0.3 is 15.7 Å². The molecule has 1 aromatic heterocycles. The SMILES string of the molecule is CC(C)c1nn(C)c(N(CCCO)C2CCC2)c1N. The molecule has 1 fully saturated rings. The van der Waals surface area contributed by atoms with Crippen LogP contribution in [0.15, 0.2) is 0 Å². The number of hydrogen-bond acceptors (Lipinski definition) is 4. The summed E-state index contributed by atoms with van der Waals surface area (Å²) in [5, 5.41) is 13.7. The van der Waals surface area contributed by atoms with Gasteiger partial charge in [0.15, 0.2) is 5.82 Å². The van der Waals surface area contributed by atoms with Gasteiger partial charge in [0, 0.05) is 26.2 Å². The summed E-state index contributed by atoms with van der Waals surface area (Å²) in [6.07, 6.45) is 4.49. The highest BCUT2D eigenvalue weighted by Crippen LogP contribution is 2.36. The van der Waals surface area contributed by atoms with Crippen LogP contribution >= 0.6 is 0 Å². The fraction of sp³-hybridized carbons (Fsp3) is 0.786. The number of aromatic nitrogens is 2. The standard InChI is InChI=1S/C14H26N4O/c1-10(2)13-12(15)14(17(3)16-13)18(8-5-9-19)11-6-4-7-11/h10-11,19H,4-9,15H2,1-3H3. The van der Waals surface area contributed by atoms with Gasteiger partial charge in [0.05, 0.1) is 11.4 Å². The topological polar surface area (TPSA) is 67.3 Å². The van der Waals surface area contributed by atoms with Crippen LogP contribution in [-0.4, -0.2) is 34.1 Å². The van der Waals surface area contributed by atoms with Crippen LogP contribution in [0.25, 0.3) is 0 Å². The van der Waals surface area contributed by atoms with Gasteiger partial charge in [-0.2, -0.15) is 5.10 Å². The van der Waals surface area contributed by atoms with E-state index in [0.717, 1.165) is 30.2 Å². The summed E-state index contributed by atoms with van der Waals surface area (Å²) in [6.45, 7) is 5.30. The number of hydrogen-bond donors (Lipinski definition) is 2. The van der Waals surface area contributed by atoms with Crippen molar-refractivity contribution in [2.75, 3.05) is 23.8 Å². The van der Waals surface area contributed by atoms with Gasteiger partial charge in [0.1, 0.15) is 0 Å². The molecule has 1 aliphatic rings. The van der Waals surface area contributed by atoms with Crippen LogP contribution in [0.1, 0.15) is 51.1 Å². The molecule has 0 aromatic carbocycles. The zero-order chi connectivity index (χ0) is 14.0. The second-order valence-electron chi connectivity index (χ2n) is 5.76. The highest BCUT2D eigenvalue weighted by Gasteiger charge is 2.29. The molecule has 0 amide bonds. The van der Waals surface area contributed by atoms with Crippen LogP contribution in [0.4, 0.5) is 11.5 Å². The molecule has 1 heterocycles. The van der Waals surface area contributed by atoms with Crippen molar-refractivity contribution in [2.45, 2.75) is 51.5 Å².